The number of ether oxygens (including phenoxy) is 3. The molecule has 0 spiro atoms. The van der Waals surface area contributed by atoms with E-state index in [-0.39, 0.29) is 45.2 Å². The van der Waals surface area contributed by atoms with Crippen LogP contribution in [0.15, 0.2) is 102 Å². The van der Waals surface area contributed by atoms with Crippen molar-refractivity contribution in [2.24, 2.45) is 0 Å². The number of hydrogen-bond acceptors (Lipinski definition) is 10. The molecule has 2 heterocycles. The van der Waals surface area contributed by atoms with Gasteiger partial charge in [0.2, 0.25) is 11.6 Å². The fourth-order valence-electron chi connectivity index (χ4n) is 4.51. The molecule has 3 aromatic carbocycles. The maximum Gasteiger partial charge on any atom is 0.264 e. The van der Waals surface area contributed by atoms with E-state index in [0.29, 0.717) is 18.7 Å². The summed E-state index contributed by atoms with van der Waals surface area (Å²) in [6, 6.07) is 24.7. The number of sulfonamides is 1. The third-order valence-corrected chi connectivity index (χ3v) is 8.42. The second-order valence-electron chi connectivity index (χ2n) is 11.6. The number of anilines is 1. The fourth-order valence-corrected chi connectivity index (χ4v) is 5.52. The Balaban J connectivity index is 1.52. The predicted molar refractivity (Wildman–Crippen MR) is 181 cm³/mol. The first kappa shape index (κ1) is 33.8. The number of carbonyl (C=O) groups is 1. The van der Waals surface area contributed by atoms with Gasteiger partial charge in [0.15, 0.2) is 29.7 Å². The Morgan fingerprint density at radius 2 is 1.48 bits per heavy atom. The van der Waals surface area contributed by atoms with Crippen LogP contribution in [0.25, 0.3) is 11.6 Å². The summed E-state index contributed by atoms with van der Waals surface area (Å²) in [4.78, 5) is 30.2. The molecule has 5 aromatic rings. The summed E-state index contributed by atoms with van der Waals surface area (Å²) in [6.45, 7) is 6.03. The summed E-state index contributed by atoms with van der Waals surface area (Å²) in [7, 11) is -2.75. The molecule has 0 atom stereocenters. The summed E-state index contributed by atoms with van der Waals surface area (Å²) in [6.07, 6.45) is 3.61. The van der Waals surface area contributed by atoms with Crippen LogP contribution in [0.4, 0.5) is 5.82 Å². The van der Waals surface area contributed by atoms with Crippen molar-refractivity contribution in [3.05, 3.63) is 108 Å². The third kappa shape index (κ3) is 8.62. The van der Waals surface area contributed by atoms with Gasteiger partial charge >= 0.3 is 0 Å². The van der Waals surface area contributed by atoms with Crippen LogP contribution in [0.5, 0.6) is 23.1 Å². The highest BCUT2D eigenvalue weighted by atomic mass is 32.2. The smallest absolute Gasteiger partial charge is 0.264 e. The molecule has 0 aliphatic rings. The molecule has 0 bridgehead atoms. The second kappa shape index (κ2) is 14.9. The zero-order valence-corrected chi connectivity index (χ0v) is 27.8. The van der Waals surface area contributed by atoms with E-state index in [2.05, 4.69) is 30.0 Å². The van der Waals surface area contributed by atoms with Crippen LogP contribution in [-0.4, -0.2) is 54.5 Å². The number of aromatic nitrogens is 4. The minimum atomic E-state index is -4.22. The van der Waals surface area contributed by atoms with Gasteiger partial charge in [-0.2, -0.15) is 4.98 Å². The molecule has 48 heavy (non-hydrogen) atoms. The summed E-state index contributed by atoms with van der Waals surface area (Å²) in [5.74, 6) is -0.520. The lowest BCUT2D eigenvalue weighted by Gasteiger charge is -2.20. The third-order valence-electron chi connectivity index (χ3n) is 7.06. The van der Waals surface area contributed by atoms with Gasteiger partial charge in [0, 0.05) is 18.9 Å². The summed E-state index contributed by atoms with van der Waals surface area (Å²) < 4.78 is 47.6. The number of methoxy groups -OCH3 is 1. The lowest BCUT2D eigenvalue weighted by Crippen LogP contribution is -2.30. The monoisotopic (exact) mass is 668 g/mol. The highest BCUT2D eigenvalue weighted by Crippen LogP contribution is 2.41. The normalized spacial score (nSPS) is 11.4. The van der Waals surface area contributed by atoms with E-state index in [1.54, 1.807) is 42.5 Å². The van der Waals surface area contributed by atoms with Crippen molar-refractivity contribution in [2.75, 3.05) is 25.0 Å². The van der Waals surface area contributed by atoms with Crippen molar-refractivity contribution in [1.29, 1.82) is 0 Å². The lowest BCUT2D eigenvalue weighted by molar-refractivity contribution is -0.123. The standard InChI is InChI=1S/C35H36N6O6S/c1-35(2,3)25-15-17-26(18-16-25)48(43,44)41-31-30(47-28-14-9-8-13-27(28)45-4)34(40-33(39-31)32-37-20-10-21-38-32)46-23-29(42)36-22-19-24-11-6-5-7-12-24/h5-18,20-21H,19,22-23H2,1-4H3,(H,36,42)(H,39,40,41). The first-order chi connectivity index (χ1) is 23.0. The Morgan fingerprint density at radius 3 is 2.15 bits per heavy atom. The molecule has 0 aliphatic heterocycles. The first-order valence-corrected chi connectivity index (χ1v) is 16.6. The molecule has 0 aliphatic carbocycles. The van der Waals surface area contributed by atoms with E-state index in [1.165, 1.54) is 31.6 Å². The topological polar surface area (TPSA) is 155 Å². The molecule has 2 aromatic heterocycles. The Morgan fingerprint density at radius 1 is 0.812 bits per heavy atom. The Labute approximate surface area is 279 Å². The molecule has 1 amide bonds. The molecule has 0 saturated carbocycles. The van der Waals surface area contributed by atoms with Crippen molar-refractivity contribution < 1.29 is 27.4 Å². The number of nitrogens with one attached hydrogen (secondary N) is 2. The number of rotatable bonds is 13. The van der Waals surface area contributed by atoms with Crippen LogP contribution in [0.1, 0.15) is 31.9 Å². The zero-order valence-electron chi connectivity index (χ0n) is 27.0. The van der Waals surface area contributed by atoms with E-state index >= 15 is 0 Å². The minimum Gasteiger partial charge on any atom is -0.493 e. The lowest BCUT2D eigenvalue weighted by atomic mass is 9.87. The van der Waals surface area contributed by atoms with Crippen LogP contribution in [-0.2, 0) is 26.7 Å². The van der Waals surface area contributed by atoms with Crippen LogP contribution < -0.4 is 24.2 Å². The highest BCUT2D eigenvalue weighted by Gasteiger charge is 2.27. The van der Waals surface area contributed by atoms with Gasteiger partial charge in [-0.15, -0.1) is 0 Å². The molecule has 0 saturated heterocycles. The number of amides is 1. The van der Waals surface area contributed by atoms with E-state index in [4.69, 9.17) is 14.2 Å². The number of hydrogen-bond donors (Lipinski definition) is 2. The summed E-state index contributed by atoms with van der Waals surface area (Å²) >= 11 is 0. The van der Waals surface area contributed by atoms with Gasteiger partial charge in [-0.1, -0.05) is 75.4 Å². The average molecular weight is 669 g/mol. The second-order valence-corrected chi connectivity index (χ2v) is 13.3. The van der Waals surface area contributed by atoms with Gasteiger partial charge in [0.1, 0.15) is 0 Å². The van der Waals surface area contributed by atoms with Crippen LogP contribution >= 0.6 is 0 Å². The van der Waals surface area contributed by atoms with Crippen LogP contribution in [0.2, 0.25) is 0 Å². The van der Waals surface area contributed by atoms with Gasteiger partial charge in [0.25, 0.3) is 21.8 Å². The molecular formula is C35H36N6O6S. The highest BCUT2D eigenvalue weighted by molar-refractivity contribution is 7.92. The van der Waals surface area contributed by atoms with Gasteiger partial charge < -0.3 is 19.5 Å². The van der Waals surface area contributed by atoms with Crippen molar-refractivity contribution in [1.82, 2.24) is 25.3 Å². The molecule has 2 N–H and O–H groups in total. The molecule has 13 heteroatoms. The molecule has 0 unspecified atom stereocenters. The number of nitrogens with zero attached hydrogens (tertiary/aromatic N) is 4. The van der Waals surface area contributed by atoms with Crippen LogP contribution in [0, 0.1) is 0 Å². The molecule has 248 valence electrons. The molecule has 0 radical (unpaired) electrons. The Kier molecular flexibility index (Phi) is 10.5. The maximum atomic E-state index is 13.8. The predicted octanol–water partition coefficient (Wildman–Crippen LogP) is 5.57. The molecule has 5 rings (SSSR count). The summed E-state index contributed by atoms with van der Waals surface area (Å²) in [5.41, 5.74) is 1.85. The van der Waals surface area contributed by atoms with E-state index < -0.39 is 22.5 Å². The van der Waals surface area contributed by atoms with E-state index in [0.717, 1.165) is 11.1 Å². The van der Waals surface area contributed by atoms with E-state index in [9.17, 15) is 13.2 Å². The molecular weight excluding hydrogens is 632 g/mol. The van der Waals surface area contributed by atoms with Gasteiger partial charge in [-0.25, -0.2) is 23.4 Å². The first-order valence-electron chi connectivity index (χ1n) is 15.1. The van der Waals surface area contributed by atoms with Crippen molar-refractivity contribution in [2.45, 2.75) is 37.5 Å². The van der Waals surface area contributed by atoms with Crippen molar-refractivity contribution in [3.63, 3.8) is 0 Å². The maximum absolute atomic E-state index is 13.8. The van der Waals surface area contributed by atoms with Crippen LogP contribution in [0.3, 0.4) is 0 Å². The Hall–Kier alpha value is -5.56. The van der Waals surface area contributed by atoms with Gasteiger partial charge in [-0.3, -0.25) is 9.52 Å². The quantitative estimate of drug-likeness (QED) is 0.163. The SMILES string of the molecule is COc1ccccc1Oc1c(NS(=O)(=O)c2ccc(C(C)(C)C)cc2)nc(-c2ncccn2)nc1OCC(=O)NCCc1ccccc1. The van der Waals surface area contributed by atoms with Crippen molar-refractivity contribution in [3.8, 4) is 34.8 Å². The number of carbonyl (C=O) groups excluding carboxylic acids is 1. The minimum absolute atomic E-state index is 0.00451. The number of benzene rings is 3. The fraction of sp³-hybridized carbons (Fsp3) is 0.229. The van der Waals surface area contributed by atoms with E-state index in [1.807, 2.05) is 51.1 Å². The van der Waals surface area contributed by atoms with Crippen molar-refractivity contribution >= 4 is 21.7 Å². The number of para-hydroxylation sites is 2. The molecule has 0 fully saturated rings. The zero-order chi connectivity index (χ0) is 34.1. The molecule has 12 nitrogen and oxygen atoms in total. The Bertz CT molecular complexity index is 1950. The van der Waals surface area contributed by atoms with Gasteiger partial charge in [-0.05, 0) is 53.3 Å². The average Bonchev–Trinajstić information content (AvgIpc) is 3.09. The largest absolute Gasteiger partial charge is 0.493 e. The summed E-state index contributed by atoms with van der Waals surface area (Å²) in [5, 5.41) is 2.82. The van der Waals surface area contributed by atoms with Gasteiger partial charge in [0.05, 0.1) is 12.0 Å².